The molecule has 1 aliphatic carbocycles. The van der Waals surface area contributed by atoms with Crippen LogP contribution in [0.4, 0.5) is 10.1 Å². The van der Waals surface area contributed by atoms with Crippen molar-refractivity contribution in [2.24, 2.45) is 0 Å². The molecule has 0 heterocycles. The SMILES string of the molecule is CCOC(=O)C1=CCCCC1S(=O)N(C(=O)CO)c1ccc(F)cc1Cl. The molecule has 1 aromatic rings. The van der Waals surface area contributed by atoms with E-state index in [2.05, 4.69) is 0 Å². The van der Waals surface area contributed by atoms with Crippen LogP contribution in [-0.2, 0) is 25.3 Å². The molecule has 1 N–H and O–H groups in total. The Morgan fingerprint density at radius 1 is 1.46 bits per heavy atom. The lowest BCUT2D eigenvalue weighted by Crippen LogP contribution is -2.42. The van der Waals surface area contributed by atoms with E-state index in [1.807, 2.05) is 0 Å². The second kappa shape index (κ2) is 9.25. The maximum atomic E-state index is 13.3. The van der Waals surface area contributed by atoms with Gasteiger partial charge in [-0.15, -0.1) is 0 Å². The van der Waals surface area contributed by atoms with E-state index in [0.29, 0.717) is 19.3 Å². The molecule has 0 fully saturated rings. The number of anilines is 1. The first-order valence-corrected chi connectivity index (χ1v) is 9.62. The number of amides is 1. The van der Waals surface area contributed by atoms with Crippen molar-refractivity contribution in [3.05, 3.63) is 40.7 Å². The molecule has 0 saturated heterocycles. The molecule has 2 atom stereocenters. The largest absolute Gasteiger partial charge is 0.463 e. The van der Waals surface area contributed by atoms with Crippen molar-refractivity contribution in [3.8, 4) is 0 Å². The van der Waals surface area contributed by atoms with Crippen LogP contribution in [-0.4, -0.2) is 39.7 Å². The van der Waals surface area contributed by atoms with Gasteiger partial charge in [0.25, 0.3) is 5.91 Å². The summed E-state index contributed by atoms with van der Waals surface area (Å²) < 4.78 is 32.3. The summed E-state index contributed by atoms with van der Waals surface area (Å²) in [5, 5.41) is 8.35. The third-order valence-corrected chi connectivity index (χ3v) is 5.85. The van der Waals surface area contributed by atoms with Gasteiger partial charge in [-0.25, -0.2) is 17.7 Å². The Bertz CT molecular complexity index is 755. The predicted octanol–water partition coefficient (Wildman–Crippen LogP) is 2.51. The molecule has 2 unspecified atom stereocenters. The average molecular weight is 404 g/mol. The van der Waals surface area contributed by atoms with Crippen molar-refractivity contribution >= 4 is 40.2 Å². The molecule has 0 bridgehead atoms. The molecule has 2 rings (SSSR count). The van der Waals surface area contributed by atoms with Crippen LogP contribution in [0.15, 0.2) is 29.8 Å². The number of allylic oxidation sites excluding steroid dienone is 1. The van der Waals surface area contributed by atoms with Gasteiger partial charge in [-0.05, 0) is 44.4 Å². The number of aliphatic hydroxyl groups excluding tert-OH is 1. The minimum atomic E-state index is -2.05. The molecule has 1 amide bonds. The van der Waals surface area contributed by atoms with Crippen LogP contribution >= 0.6 is 11.6 Å². The summed E-state index contributed by atoms with van der Waals surface area (Å²) in [6.45, 7) is 0.913. The highest BCUT2D eigenvalue weighted by molar-refractivity contribution is 7.88. The minimum Gasteiger partial charge on any atom is -0.463 e. The normalized spacial score (nSPS) is 18.0. The number of nitrogens with zero attached hydrogens (tertiary/aromatic N) is 1. The number of hydrogen-bond acceptors (Lipinski definition) is 5. The van der Waals surface area contributed by atoms with Crippen molar-refractivity contribution in [2.45, 2.75) is 31.4 Å². The van der Waals surface area contributed by atoms with Gasteiger partial charge < -0.3 is 9.84 Å². The molecular formula is C17H19ClFNO5S. The summed E-state index contributed by atoms with van der Waals surface area (Å²) >= 11 is 6.00. The molecule has 6 nitrogen and oxygen atoms in total. The molecule has 0 spiro atoms. The van der Waals surface area contributed by atoms with E-state index in [9.17, 15) is 23.3 Å². The Labute approximate surface area is 158 Å². The van der Waals surface area contributed by atoms with Crippen LogP contribution in [0.5, 0.6) is 0 Å². The van der Waals surface area contributed by atoms with E-state index in [4.69, 9.17) is 16.3 Å². The number of benzene rings is 1. The number of carbonyl (C=O) groups excluding carboxylic acids is 2. The Hall–Kier alpha value is -1.77. The topological polar surface area (TPSA) is 83.9 Å². The lowest BCUT2D eigenvalue weighted by molar-refractivity contribution is -0.138. The number of esters is 1. The molecule has 0 radical (unpaired) electrons. The first-order chi connectivity index (χ1) is 12.4. The predicted molar refractivity (Wildman–Crippen MR) is 96.5 cm³/mol. The first kappa shape index (κ1) is 20.5. The quantitative estimate of drug-likeness (QED) is 0.738. The van der Waals surface area contributed by atoms with Crippen molar-refractivity contribution in [1.29, 1.82) is 0 Å². The summed E-state index contributed by atoms with van der Waals surface area (Å²) in [7, 11) is -2.05. The highest BCUT2D eigenvalue weighted by Crippen LogP contribution is 2.32. The number of ether oxygens (including phenoxy) is 1. The lowest BCUT2D eigenvalue weighted by Gasteiger charge is -2.29. The van der Waals surface area contributed by atoms with Crippen LogP contribution in [0.3, 0.4) is 0 Å². The smallest absolute Gasteiger partial charge is 0.334 e. The van der Waals surface area contributed by atoms with Gasteiger partial charge in [0.2, 0.25) is 0 Å². The van der Waals surface area contributed by atoms with Gasteiger partial charge in [0, 0.05) is 0 Å². The Morgan fingerprint density at radius 3 is 2.81 bits per heavy atom. The highest BCUT2D eigenvalue weighted by atomic mass is 35.5. The summed E-state index contributed by atoms with van der Waals surface area (Å²) in [6, 6.07) is 3.26. The maximum Gasteiger partial charge on any atom is 0.334 e. The molecule has 0 saturated carbocycles. The summed E-state index contributed by atoms with van der Waals surface area (Å²) in [5.41, 5.74) is 0.227. The second-order valence-corrected chi connectivity index (χ2v) is 7.41. The van der Waals surface area contributed by atoms with Gasteiger partial charge in [-0.2, -0.15) is 0 Å². The second-order valence-electron chi connectivity index (χ2n) is 5.52. The Kier molecular flexibility index (Phi) is 7.31. The fourth-order valence-corrected chi connectivity index (χ4v) is 4.60. The van der Waals surface area contributed by atoms with Gasteiger partial charge in [0.05, 0.1) is 28.1 Å². The fraction of sp³-hybridized carbons (Fsp3) is 0.412. The number of halogens is 2. The zero-order valence-electron chi connectivity index (χ0n) is 14.1. The van der Waals surface area contributed by atoms with Crippen LogP contribution in [0.1, 0.15) is 26.2 Å². The zero-order chi connectivity index (χ0) is 19.3. The summed E-state index contributed by atoms with van der Waals surface area (Å²) in [4.78, 5) is 24.4. The monoisotopic (exact) mass is 403 g/mol. The molecule has 142 valence electrons. The highest BCUT2D eigenvalue weighted by Gasteiger charge is 2.36. The van der Waals surface area contributed by atoms with Gasteiger partial charge in [0.1, 0.15) is 23.4 Å². The van der Waals surface area contributed by atoms with E-state index in [1.165, 1.54) is 6.07 Å². The lowest BCUT2D eigenvalue weighted by atomic mass is 9.99. The van der Waals surface area contributed by atoms with E-state index in [-0.39, 0.29) is 22.9 Å². The van der Waals surface area contributed by atoms with Crippen molar-refractivity contribution in [2.75, 3.05) is 17.5 Å². The number of hydrogen-bond donors (Lipinski definition) is 1. The van der Waals surface area contributed by atoms with E-state index in [1.54, 1.807) is 13.0 Å². The molecule has 0 aromatic heterocycles. The third kappa shape index (κ3) is 4.49. The summed E-state index contributed by atoms with van der Waals surface area (Å²) in [5.74, 6) is -2.08. The standard InChI is InChI=1S/C17H19ClFNO5S/c1-2-25-17(23)12-5-3-4-6-15(12)26(24)20(16(22)10-21)14-8-7-11(19)9-13(14)18/h5,7-9,15,21H,2-4,6,10H2,1H3. The van der Waals surface area contributed by atoms with E-state index < -0.39 is 40.5 Å². The molecule has 1 aliphatic rings. The van der Waals surface area contributed by atoms with Crippen LogP contribution in [0, 0.1) is 5.82 Å². The maximum absolute atomic E-state index is 13.3. The first-order valence-electron chi connectivity index (χ1n) is 8.07. The van der Waals surface area contributed by atoms with Gasteiger partial charge in [-0.3, -0.25) is 4.79 Å². The number of carbonyl (C=O) groups is 2. The van der Waals surface area contributed by atoms with Crippen molar-refractivity contribution in [1.82, 2.24) is 0 Å². The van der Waals surface area contributed by atoms with Crippen LogP contribution in [0.25, 0.3) is 0 Å². The molecular weight excluding hydrogens is 385 g/mol. The Morgan fingerprint density at radius 2 is 2.19 bits per heavy atom. The number of rotatable bonds is 6. The van der Waals surface area contributed by atoms with E-state index >= 15 is 0 Å². The average Bonchev–Trinajstić information content (AvgIpc) is 2.63. The van der Waals surface area contributed by atoms with E-state index in [0.717, 1.165) is 16.4 Å². The minimum absolute atomic E-state index is 0.000711. The number of aliphatic hydroxyl groups is 1. The molecule has 26 heavy (non-hydrogen) atoms. The van der Waals surface area contributed by atoms with Gasteiger partial charge in [-0.1, -0.05) is 17.7 Å². The van der Waals surface area contributed by atoms with Crippen molar-refractivity contribution in [3.63, 3.8) is 0 Å². The zero-order valence-corrected chi connectivity index (χ0v) is 15.7. The Balaban J connectivity index is 2.43. The third-order valence-electron chi connectivity index (χ3n) is 3.81. The van der Waals surface area contributed by atoms with Gasteiger partial charge >= 0.3 is 5.97 Å². The molecule has 9 heteroatoms. The van der Waals surface area contributed by atoms with Crippen LogP contribution in [0.2, 0.25) is 5.02 Å². The fourth-order valence-electron chi connectivity index (χ4n) is 2.66. The van der Waals surface area contributed by atoms with Crippen LogP contribution < -0.4 is 4.31 Å². The van der Waals surface area contributed by atoms with Gasteiger partial charge in [0.15, 0.2) is 0 Å². The molecule has 0 aliphatic heterocycles. The summed E-state index contributed by atoms with van der Waals surface area (Å²) in [6.07, 6.45) is 3.36. The molecule has 1 aromatic carbocycles. The van der Waals surface area contributed by atoms with Crippen molar-refractivity contribution < 1.29 is 28.0 Å².